The minimum atomic E-state index is -0.861. The van der Waals surface area contributed by atoms with E-state index in [1.54, 1.807) is 4.90 Å². The fraction of sp³-hybridized carbons (Fsp3) is 0.500. The van der Waals surface area contributed by atoms with Crippen LogP contribution in [-0.2, 0) is 30.4 Å². The molecule has 7 rings (SSSR count). The van der Waals surface area contributed by atoms with E-state index >= 15 is 0 Å². The lowest BCUT2D eigenvalue weighted by atomic mass is 9.96. The molecule has 292 valence electrons. The van der Waals surface area contributed by atoms with Gasteiger partial charge in [-0.1, -0.05) is 69.3 Å². The second kappa shape index (κ2) is 17.2. The first-order valence-corrected chi connectivity index (χ1v) is 19.7. The molecule has 2 bridgehead atoms. The van der Waals surface area contributed by atoms with E-state index < -0.39 is 12.1 Å². The highest BCUT2D eigenvalue weighted by atomic mass is 16.5. The SMILES string of the molecule is COC(=O)N[C@H]1COCCCCOCc2[nH]c(nc2-c2ccc(-c3ccc(-c4c[nH]c([C@@H]5CCCN5C(=O)[C@@H](C)C(C)C)n4)cc3)cc2)[C@@H]2CCCN2C1=O. The Hall–Kier alpha value is -5.01. The Kier molecular flexibility index (Phi) is 12.0. The molecule has 4 aromatic rings. The molecule has 13 heteroatoms. The van der Waals surface area contributed by atoms with Gasteiger partial charge in [0.1, 0.15) is 17.7 Å². The summed E-state index contributed by atoms with van der Waals surface area (Å²) < 4.78 is 16.7. The lowest BCUT2D eigenvalue weighted by Crippen LogP contribution is -2.50. The molecule has 13 nitrogen and oxygen atoms in total. The predicted octanol–water partition coefficient (Wildman–Crippen LogP) is 6.80. The van der Waals surface area contributed by atoms with Crippen LogP contribution in [0.1, 0.15) is 88.7 Å². The van der Waals surface area contributed by atoms with Gasteiger partial charge in [0, 0.05) is 49.5 Å². The zero-order chi connectivity index (χ0) is 38.5. The molecule has 0 radical (unpaired) electrons. The maximum atomic E-state index is 13.8. The molecule has 5 heterocycles. The molecule has 3 aliphatic rings. The quantitative estimate of drug-likeness (QED) is 0.186. The van der Waals surface area contributed by atoms with E-state index in [0.717, 1.165) is 90.2 Å². The number of methoxy groups -OCH3 is 1. The van der Waals surface area contributed by atoms with Crippen LogP contribution in [0.4, 0.5) is 4.79 Å². The second-order valence-electron chi connectivity index (χ2n) is 15.2. The van der Waals surface area contributed by atoms with Crippen molar-refractivity contribution in [2.45, 2.75) is 84.0 Å². The molecule has 55 heavy (non-hydrogen) atoms. The number of benzene rings is 2. The lowest BCUT2D eigenvalue weighted by Gasteiger charge is -2.28. The minimum absolute atomic E-state index is 0.0175. The molecule has 0 unspecified atom stereocenters. The first-order chi connectivity index (χ1) is 26.7. The normalized spacial score (nSPS) is 21.5. The molecule has 2 aromatic heterocycles. The summed E-state index contributed by atoms with van der Waals surface area (Å²) >= 11 is 0. The number of ether oxygens (including phenoxy) is 3. The second-order valence-corrected chi connectivity index (χ2v) is 15.2. The maximum absolute atomic E-state index is 13.8. The van der Waals surface area contributed by atoms with Gasteiger partial charge in [0.15, 0.2) is 0 Å². The maximum Gasteiger partial charge on any atom is 0.407 e. The van der Waals surface area contributed by atoms with E-state index in [1.165, 1.54) is 7.11 Å². The molecule has 3 N–H and O–H groups in total. The van der Waals surface area contributed by atoms with Gasteiger partial charge in [-0.05, 0) is 55.6 Å². The van der Waals surface area contributed by atoms with Crippen LogP contribution >= 0.6 is 0 Å². The van der Waals surface area contributed by atoms with E-state index in [-0.39, 0.29) is 36.4 Å². The number of H-pyrrole nitrogens is 2. The highest BCUT2D eigenvalue weighted by molar-refractivity contribution is 5.86. The number of likely N-dealkylation sites (tertiary alicyclic amines) is 1. The Morgan fingerprint density at radius 3 is 2.20 bits per heavy atom. The molecular formula is C42H53N7O6. The molecule has 4 atom stereocenters. The van der Waals surface area contributed by atoms with Gasteiger partial charge in [-0.25, -0.2) is 14.8 Å². The number of fused-ring (bicyclic) bond motifs is 4. The first kappa shape index (κ1) is 38.3. The van der Waals surface area contributed by atoms with Crippen molar-refractivity contribution >= 4 is 17.9 Å². The van der Waals surface area contributed by atoms with Crippen LogP contribution in [0, 0.1) is 11.8 Å². The molecule has 3 aliphatic heterocycles. The molecule has 0 aliphatic carbocycles. The average Bonchev–Trinajstić information content (AvgIpc) is 4.04. The van der Waals surface area contributed by atoms with Crippen molar-refractivity contribution in [2.75, 3.05) is 40.0 Å². The first-order valence-electron chi connectivity index (χ1n) is 19.7. The number of carbonyl (C=O) groups is 3. The van der Waals surface area contributed by atoms with Crippen molar-refractivity contribution in [3.63, 3.8) is 0 Å². The van der Waals surface area contributed by atoms with Crippen LogP contribution in [0.2, 0.25) is 0 Å². The zero-order valence-corrected chi connectivity index (χ0v) is 32.3. The number of imidazole rings is 2. The summed E-state index contributed by atoms with van der Waals surface area (Å²) in [6, 6.07) is 15.6. The predicted molar refractivity (Wildman–Crippen MR) is 207 cm³/mol. The Balaban J connectivity index is 1.08. The summed E-state index contributed by atoms with van der Waals surface area (Å²) in [5, 5.41) is 2.66. The third-order valence-corrected chi connectivity index (χ3v) is 11.3. The van der Waals surface area contributed by atoms with Crippen molar-refractivity contribution in [3.05, 3.63) is 72.1 Å². The van der Waals surface area contributed by atoms with Crippen molar-refractivity contribution in [2.24, 2.45) is 11.8 Å². The molecule has 2 aromatic carbocycles. The molecule has 0 spiro atoms. The number of aromatic nitrogens is 4. The summed E-state index contributed by atoms with van der Waals surface area (Å²) in [4.78, 5) is 59.8. The Morgan fingerprint density at radius 2 is 1.49 bits per heavy atom. The van der Waals surface area contributed by atoms with Crippen molar-refractivity contribution < 1.29 is 28.6 Å². The van der Waals surface area contributed by atoms with E-state index in [9.17, 15) is 14.4 Å². The number of nitrogens with zero attached hydrogens (tertiary/aromatic N) is 4. The van der Waals surface area contributed by atoms with Gasteiger partial charge >= 0.3 is 6.09 Å². The Morgan fingerprint density at radius 1 is 0.836 bits per heavy atom. The van der Waals surface area contributed by atoms with Gasteiger partial charge in [-0.2, -0.15) is 0 Å². The standard InChI is InChI=1S/C42H53N7O6/c1-26(2)27(3)40(50)48-19-7-9-35(48)38-43-23-32(44-38)30-15-11-28(12-16-30)29-13-17-31(18-14-29)37-33-24-54-21-5-6-22-55-25-34(46-42(52)53-4)41(51)49-20-8-10-36(49)39(45-33)47-37/h11-18,23,26-27,34-36H,5-10,19-22,24-25H2,1-4H3,(H,43,44)(H,45,47)(H,46,52)/t27-,34-,35-,36-/m0/s1. The number of alkyl carbamates (subject to hydrolysis) is 1. The lowest BCUT2D eigenvalue weighted by molar-refractivity contribution is -0.137. The third kappa shape index (κ3) is 8.47. The number of amides is 3. The summed E-state index contributed by atoms with van der Waals surface area (Å²) in [7, 11) is 1.28. The highest BCUT2D eigenvalue weighted by Gasteiger charge is 2.38. The number of nitrogens with one attached hydrogen (secondary N) is 3. The molecule has 0 saturated carbocycles. The van der Waals surface area contributed by atoms with Crippen molar-refractivity contribution in [1.82, 2.24) is 35.1 Å². The number of carbonyl (C=O) groups excluding carboxylic acids is 3. The van der Waals surface area contributed by atoms with Crippen LogP contribution in [0.3, 0.4) is 0 Å². The molecule has 2 fully saturated rings. The van der Waals surface area contributed by atoms with Crippen LogP contribution in [0.25, 0.3) is 33.6 Å². The van der Waals surface area contributed by atoms with E-state index in [4.69, 9.17) is 24.2 Å². The fourth-order valence-electron chi connectivity index (χ4n) is 7.78. The van der Waals surface area contributed by atoms with Crippen molar-refractivity contribution in [1.29, 1.82) is 0 Å². The van der Waals surface area contributed by atoms with Crippen LogP contribution in [-0.4, -0.2) is 93.7 Å². The number of hydrogen-bond donors (Lipinski definition) is 3. The topological polar surface area (TPSA) is 155 Å². The third-order valence-electron chi connectivity index (χ3n) is 11.3. The van der Waals surface area contributed by atoms with E-state index in [0.29, 0.717) is 38.1 Å². The molecule has 3 amide bonds. The van der Waals surface area contributed by atoms with Gasteiger partial charge in [0.25, 0.3) is 0 Å². The van der Waals surface area contributed by atoms with E-state index in [2.05, 4.69) is 77.7 Å². The Bertz CT molecular complexity index is 1940. The van der Waals surface area contributed by atoms with Crippen LogP contribution in [0.15, 0.2) is 54.7 Å². The summed E-state index contributed by atoms with van der Waals surface area (Å²) in [6.45, 7) is 8.98. The monoisotopic (exact) mass is 751 g/mol. The molecule has 2 saturated heterocycles. The zero-order valence-electron chi connectivity index (χ0n) is 32.3. The minimum Gasteiger partial charge on any atom is -0.453 e. The van der Waals surface area contributed by atoms with E-state index in [1.807, 2.05) is 18.0 Å². The molecular weight excluding hydrogens is 699 g/mol. The average molecular weight is 752 g/mol. The number of aromatic amines is 2. The smallest absolute Gasteiger partial charge is 0.407 e. The van der Waals surface area contributed by atoms with Crippen LogP contribution < -0.4 is 5.32 Å². The van der Waals surface area contributed by atoms with Gasteiger partial charge in [0.05, 0.1) is 49.5 Å². The van der Waals surface area contributed by atoms with Gasteiger partial charge in [-0.15, -0.1) is 0 Å². The summed E-state index contributed by atoms with van der Waals surface area (Å²) in [6.07, 6.45) is 6.28. The van der Waals surface area contributed by atoms with Gasteiger partial charge < -0.3 is 39.3 Å². The van der Waals surface area contributed by atoms with Gasteiger partial charge in [0.2, 0.25) is 11.8 Å². The highest BCUT2D eigenvalue weighted by Crippen LogP contribution is 2.36. The number of hydrogen-bond acceptors (Lipinski definition) is 8. The summed E-state index contributed by atoms with van der Waals surface area (Å²) in [5.74, 6) is 1.81. The fourth-order valence-corrected chi connectivity index (χ4v) is 7.78. The van der Waals surface area contributed by atoms with Crippen LogP contribution in [0.5, 0.6) is 0 Å². The largest absolute Gasteiger partial charge is 0.453 e. The summed E-state index contributed by atoms with van der Waals surface area (Å²) in [5.41, 5.74) is 6.62. The van der Waals surface area contributed by atoms with Gasteiger partial charge in [-0.3, -0.25) is 9.59 Å². The number of rotatable bonds is 7. The Labute approximate surface area is 322 Å². The van der Waals surface area contributed by atoms with Crippen molar-refractivity contribution in [3.8, 4) is 33.6 Å².